The first-order chi connectivity index (χ1) is 17.8. The van der Waals surface area contributed by atoms with E-state index in [0.29, 0.717) is 48.4 Å². The van der Waals surface area contributed by atoms with Gasteiger partial charge in [0, 0.05) is 43.4 Å². The van der Waals surface area contributed by atoms with Crippen LogP contribution in [0.25, 0.3) is 22.2 Å². The highest BCUT2D eigenvalue weighted by molar-refractivity contribution is 6.01. The van der Waals surface area contributed by atoms with Crippen molar-refractivity contribution in [2.45, 2.75) is 56.6 Å². The van der Waals surface area contributed by atoms with Crippen LogP contribution >= 0.6 is 0 Å². The molecule has 3 fully saturated rings. The van der Waals surface area contributed by atoms with E-state index in [4.69, 9.17) is 0 Å². The van der Waals surface area contributed by atoms with Crippen LogP contribution in [0, 0.1) is 11.6 Å². The van der Waals surface area contributed by atoms with Gasteiger partial charge in [0.05, 0.1) is 17.1 Å². The summed E-state index contributed by atoms with van der Waals surface area (Å²) in [6, 6.07) is 7.51. The highest BCUT2D eigenvalue weighted by Gasteiger charge is 2.35. The van der Waals surface area contributed by atoms with E-state index in [1.165, 1.54) is 17.0 Å². The lowest BCUT2D eigenvalue weighted by molar-refractivity contribution is -0.138. The Morgan fingerprint density at radius 3 is 2.43 bits per heavy atom. The first-order valence-electron chi connectivity index (χ1n) is 13.0. The number of hydrogen-bond donors (Lipinski definition) is 1. The van der Waals surface area contributed by atoms with E-state index in [-0.39, 0.29) is 41.9 Å². The Labute approximate surface area is 213 Å². The number of halogens is 2. The molecule has 1 N–H and O–H groups in total. The van der Waals surface area contributed by atoms with Gasteiger partial charge < -0.3 is 19.5 Å². The molecule has 3 aliphatic rings. The second-order valence-corrected chi connectivity index (χ2v) is 10.6. The molecule has 1 saturated heterocycles. The summed E-state index contributed by atoms with van der Waals surface area (Å²) < 4.78 is 30.2. The number of aromatic nitrogens is 2. The van der Waals surface area contributed by atoms with Crippen LogP contribution in [0.5, 0.6) is 0 Å². The Morgan fingerprint density at radius 1 is 1.00 bits per heavy atom. The first kappa shape index (κ1) is 24.0. The van der Waals surface area contributed by atoms with Crippen molar-refractivity contribution < 1.29 is 23.5 Å². The Balaban J connectivity index is 1.31. The Hall–Kier alpha value is -3.33. The van der Waals surface area contributed by atoms with E-state index >= 15 is 0 Å². The minimum Gasteiger partial charge on any atom is -0.393 e. The van der Waals surface area contributed by atoms with Crippen LogP contribution in [0.1, 0.15) is 60.6 Å². The molecule has 2 saturated carbocycles. The van der Waals surface area contributed by atoms with E-state index in [1.807, 2.05) is 17.0 Å². The van der Waals surface area contributed by atoms with Gasteiger partial charge in [-0.15, -0.1) is 0 Å². The zero-order valence-corrected chi connectivity index (χ0v) is 20.8. The van der Waals surface area contributed by atoms with E-state index < -0.39 is 11.6 Å². The molecular formula is C28H30F2N4O3. The zero-order chi connectivity index (χ0) is 25.8. The molecule has 2 aliphatic carbocycles. The third-order valence-corrected chi connectivity index (χ3v) is 8.12. The largest absolute Gasteiger partial charge is 0.393 e. The number of amides is 2. The first-order valence-corrected chi connectivity index (χ1v) is 13.0. The monoisotopic (exact) mass is 508 g/mol. The molecule has 194 valence electrons. The molecule has 2 heterocycles. The van der Waals surface area contributed by atoms with Gasteiger partial charge in [-0.05, 0) is 74.3 Å². The van der Waals surface area contributed by atoms with Gasteiger partial charge in [0.1, 0.15) is 18.2 Å². The SMILES string of the molecule is Cn1c(C(=O)N2CCN([C@H]3CC[C@H](O)CC3)C(=O)C2)nc2c(-c3ccc(F)cc3F)cc(C3CC3)cc21. The summed E-state index contributed by atoms with van der Waals surface area (Å²) in [5.74, 6) is -1.19. The molecule has 2 amide bonds. The fourth-order valence-electron chi connectivity index (χ4n) is 5.82. The zero-order valence-electron chi connectivity index (χ0n) is 20.8. The van der Waals surface area contributed by atoms with Crippen LogP contribution in [-0.2, 0) is 11.8 Å². The van der Waals surface area contributed by atoms with Crippen LogP contribution in [0.15, 0.2) is 30.3 Å². The van der Waals surface area contributed by atoms with Crippen molar-refractivity contribution in [3.63, 3.8) is 0 Å². The van der Waals surface area contributed by atoms with Gasteiger partial charge in [0.25, 0.3) is 5.91 Å². The van der Waals surface area contributed by atoms with Gasteiger partial charge in [0.2, 0.25) is 5.91 Å². The Morgan fingerprint density at radius 2 is 1.76 bits per heavy atom. The number of piperazine rings is 1. The molecule has 7 nitrogen and oxygen atoms in total. The number of aryl methyl sites for hydroxylation is 1. The summed E-state index contributed by atoms with van der Waals surface area (Å²) >= 11 is 0. The maximum atomic E-state index is 14.8. The quantitative estimate of drug-likeness (QED) is 0.578. The normalized spacial score (nSPS) is 22.6. The fourth-order valence-corrected chi connectivity index (χ4v) is 5.82. The van der Waals surface area contributed by atoms with E-state index in [2.05, 4.69) is 4.98 Å². The van der Waals surface area contributed by atoms with Crippen molar-refractivity contribution in [1.29, 1.82) is 0 Å². The van der Waals surface area contributed by atoms with Crippen molar-refractivity contribution in [3.05, 3.63) is 53.4 Å². The summed E-state index contributed by atoms with van der Waals surface area (Å²) in [5, 5.41) is 9.79. The van der Waals surface area contributed by atoms with Crippen LogP contribution < -0.4 is 0 Å². The van der Waals surface area contributed by atoms with Crippen LogP contribution in [0.2, 0.25) is 0 Å². The molecule has 3 aromatic rings. The molecule has 9 heteroatoms. The summed E-state index contributed by atoms with van der Waals surface area (Å²) in [5.41, 5.74) is 3.01. The lowest BCUT2D eigenvalue weighted by atomic mass is 9.91. The maximum absolute atomic E-state index is 14.8. The molecule has 1 aliphatic heterocycles. The minimum atomic E-state index is -0.676. The maximum Gasteiger partial charge on any atom is 0.290 e. The van der Waals surface area contributed by atoms with Crippen molar-refractivity contribution in [2.24, 2.45) is 7.05 Å². The van der Waals surface area contributed by atoms with Gasteiger partial charge in [0.15, 0.2) is 5.82 Å². The topological polar surface area (TPSA) is 78.7 Å². The number of carbonyl (C=O) groups excluding carboxylic acids is 2. The molecule has 0 spiro atoms. The highest BCUT2D eigenvalue weighted by Crippen LogP contribution is 2.43. The lowest BCUT2D eigenvalue weighted by Crippen LogP contribution is -2.56. The molecule has 0 unspecified atom stereocenters. The Bertz CT molecular complexity index is 1390. The molecule has 37 heavy (non-hydrogen) atoms. The molecule has 0 radical (unpaired) electrons. The van der Waals surface area contributed by atoms with E-state index in [9.17, 15) is 23.5 Å². The predicted octanol–water partition coefficient (Wildman–Crippen LogP) is 3.98. The van der Waals surface area contributed by atoms with E-state index in [1.54, 1.807) is 11.6 Å². The van der Waals surface area contributed by atoms with Gasteiger partial charge >= 0.3 is 0 Å². The van der Waals surface area contributed by atoms with Crippen LogP contribution in [-0.4, -0.2) is 68.1 Å². The summed E-state index contributed by atoms with van der Waals surface area (Å²) in [6.07, 6.45) is 4.74. The number of hydrogen-bond acceptors (Lipinski definition) is 4. The number of benzene rings is 2. The van der Waals surface area contributed by atoms with Gasteiger partial charge in [-0.1, -0.05) is 0 Å². The van der Waals surface area contributed by atoms with Crippen molar-refractivity contribution in [2.75, 3.05) is 19.6 Å². The molecule has 1 aromatic heterocycles. The number of fused-ring (bicyclic) bond motifs is 1. The number of carbonyl (C=O) groups is 2. The number of aliphatic hydroxyl groups is 1. The number of nitrogens with zero attached hydrogens (tertiary/aromatic N) is 4. The number of imidazole rings is 1. The van der Waals surface area contributed by atoms with Crippen molar-refractivity contribution >= 4 is 22.8 Å². The molecule has 6 rings (SSSR count). The molecule has 0 atom stereocenters. The molecule has 2 aromatic carbocycles. The third-order valence-electron chi connectivity index (χ3n) is 8.12. The average Bonchev–Trinajstić information content (AvgIpc) is 3.68. The van der Waals surface area contributed by atoms with E-state index in [0.717, 1.165) is 37.3 Å². The van der Waals surface area contributed by atoms with Gasteiger partial charge in [-0.3, -0.25) is 9.59 Å². The second kappa shape index (κ2) is 9.20. The fraction of sp³-hybridized carbons (Fsp3) is 0.464. The van der Waals surface area contributed by atoms with Crippen molar-refractivity contribution in [3.8, 4) is 11.1 Å². The molecular weight excluding hydrogens is 478 g/mol. The second-order valence-electron chi connectivity index (χ2n) is 10.6. The minimum absolute atomic E-state index is 0.0200. The Kier molecular flexibility index (Phi) is 5.98. The molecule has 0 bridgehead atoms. The summed E-state index contributed by atoms with van der Waals surface area (Å²) in [6.45, 7) is 0.834. The van der Waals surface area contributed by atoms with Crippen molar-refractivity contribution in [1.82, 2.24) is 19.4 Å². The van der Waals surface area contributed by atoms with Crippen LogP contribution in [0.3, 0.4) is 0 Å². The summed E-state index contributed by atoms with van der Waals surface area (Å²) in [7, 11) is 1.76. The standard InChI is InChI=1S/C28H30F2N4O3/c1-32-24-13-17(16-2-3-16)12-22(21-9-4-18(29)14-23(21)30)26(24)31-27(32)28(37)33-10-11-34(25(36)15-33)19-5-7-20(35)8-6-19/h4,9,12-14,16,19-20,35H,2-3,5-8,10-11,15H2,1H3/t19-,20-. The number of aliphatic hydroxyl groups excluding tert-OH is 1. The van der Waals surface area contributed by atoms with Gasteiger partial charge in [-0.25, -0.2) is 13.8 Å². The third kappa shape index (κ3) is 4.39. The number of rotatable bonds is 4. The smallest absolute Gasteiger partial charge is 0.290 e. The van der Waals surface area contributed by atoms with Crippen LogP contribution in [0.4, 0.5) is 8.78 Å². The lowest BCUT2D eigenvalue weighted by Gasteiger charge is -2.41. The highest BCUT2D eigenvalue weighted by atomic mass is 19.1. The predicted molar refractivity (Wildman–Crippen MR) is 134 cm³/mol. The summed E-state index contributed by atoms with van der Waals surface area (Å²) in [4.78, 5) is 34.6. The van der Waals surface area contributed by atoms with Gasteiger partial charge in [-0.2, -0.15) is 0 Å². The average molecular weight is 509 g/mol.